The summed E-state index contributed by atoms with van der Waals surface area (Å²) in [6, 6.07) is 0.246. The topological polar surface area (TPSA) is 58.1 Å². The third-order valence-corrected chi connectivity index (χ3v) is 4.73. The van der Waals surface area contributed by atoms with Crippen molar-refractivity contribution in [1.82, 2.24) is 14.9 Å². The molecule has 0 radical (unpaired) electrons. The molecule has 102 valence electrons. The van der Waals surface area contributed by atoms with Crippen molar-refractivity contribution in [3.8, 4) is 0 Å². The fourth-order valence-corrected chi connectivity index (χ4v) is 3.79. The van der Waals surface area contributed by atoms with E-state index in [4.69, 9.17) is 11.6 Å². The number of thioether (sulfide) groups is 1. The van der Waals surface area contributed by atoms with Crippen molar-refractivity contribution in [3.63, 3.8) is 0 Å². The number of hydrogen-bond donors (Lipinski definition) is 1. The molecule has 3 heterocycles. The second-order valence-corrected chi connectivity index (χ2v) is 6.24. The van der Waals surface area contributed by atoms with Gasteiger partial charge in [-0.25, -0.2) is 4.98 Å². The Morgan fingerprint density at radius 3 is 3.21 bits per heavy atom. The molecular weight excluding hydrogens is 284 g/mol. The number of carbonyl (C=O) groups is 1. The Balaban J connectivity index is 1.78. The molecule has 1 fully saturated rings. The van der Waals surface area contributed by atoms with Crippen molar-refractivity contribution in [3.05, 3.63) is 11.0 Å². The van der Waals surface area contributed by atoms with E-state index < -0.39 is 0 Å². The van der Waals surface area contributed by atoms with Crippen LogP contribution in [0.15, 0.2) is 4.90 Å². The van der Waals surface area contributed by atoms with Crippen LogP contribution in [0, 0.1) is 0 Å². The number of aryl methyl sites for hydroxylation is 1. The summed E-state index contributed by atoms with van der Waals surface area (Å²) in [6.45, 7) is 1.57. The van der Waals surface area contributed by atoms with Crippen LogP contribution in [-0.4, -0.2) is 46.2 Å². The molecule has 0 aromatic carbocycles. The maximum atomic E-state index is 10.8. The maximum absolute atomic E-state index is 10.8. The third kappa shape index (κ3) is 2.79. The van der Waals surface area contributed by atoms with Gasteiger partial charge in [-0.15, -0.1) is 11.8 Å². The number of nitrogens with zero attached hydrogens (tertiary/aromatic N) is 3. The summed E-state index contributed by atoms with van der Waals surface area (Å²) in [5.41, 5.74) is 1.04. The lowest BCUT2D eigenvalue weighted by Gasteiger charge is -2.31. The molecule has 1 aromatic rings. The van der Waals surface area contributed by atoms with E-state index in [1.54, 1.807) is 16.7 Å². The van der Waals surface area contributed by atoms with Crippen LogP contribution in [-0.2, 0) is 11.2 Å². The highest BCUT2D eigenvalue weighted by Gasteiger charge is 2.24. The fourth-order valence-electron chi connectivity index (χ4n) is 2.55. The predicted octanol–water partition coefficient (Wildman–Crippen LogP) is 1.81. The number of likely N-dealkylation sites (tertiary alicyclic amines) is 1. The molecule has 2 aliphatic heterocycles. The van der Waals surface area contributed by atoms with Crippen LogP contribution in [0.3, 0.4) is 0 Å². The molecule has 0 bridgehead atoms. The molecule has 2 aliphatic rings. The Morgan fingerprint density at radius 2 is 2.37 bits per heavy atom. The van der Waals surface area contributed by atoms with Crippen molar-refractivity contribution < 1.29 is 4.79 Å². The predicted molar refractivity (Wildman–Crippen MR) is 75.8 cm³/mol. The molecule has 7 heteroatoms. The zero-order chi connectivity index (χ0) is 13.2. The second kappa shape index (κ2) is 5.54. The molecule has 1 atom stereocenters. The molecule has 1 unspecified atom stereocenters. The van der Waals surface area contributed by atoms with Crippen LogP contribution in [0.1, 0.15) is 18.5 Å². The maximum Gasteiger partial charge on any atom is 0.224 e. The lowest BCUT2D eigenvalue weighted by molar-refractivity contribution is -0.119. The van der Waals surface area contributed by atoms with E-state index in [2.05, 4.69) is 15.3 Å². The number of piperidine rings is 1. The number of hydrogen-bond acceptors (Lipinski definition) is 5. The summed E-state index contributed by atoms with van der Waals surface area (Å²) < 4.78 is 0. The number of rotatable bonds is 3. The van der Waals surface area contributed by atoms with Gasteiger partial charge in [0.25, 0.3) is 0 Å². The van der Waals surface area contributed by atoms with Gasteiger partial charge in [-0.05, 0) is 24.4 Å². The van der Waals surface area contributed by atoms with Crippen LogP contribution in [0.5, 0.6) is 0 Å². The summed E-state index contributed by atoms with van der Waals surface area (Å²) in [6.07, 6.45) is 3.93. The number of fused-ring (bicyclic) bond motifs is 1. The molecule has 5 nitrogen and oxygen atoms in total. The van der Waals surface area contributed by atoms with Gasteiger partial charge in [0.05, 0.1) is 10.6 Å². The van der Waals surface area contributed by atoms with Gasteiger partial charge < -0.3 is 10.2 Å². The summed E-state index contributed by atoms with van der Waals surface area (Å²) in [5.74, 6) is 1.86. The van der Waals surface area contributed by atoms with Crippen LogP contribution in [0.4, 0.5) is 5.82 Å². The van der Waals surface area contributed by atoms with Crippen LogP contribution in [0.2, 0.25) is 5.28 Å². The minimum absolute atomic E-state index is 0.246. The number of nitrogens with one attached hydrogen (secondary N) is 1. The first-order valence-electron chi connectivity index (χ1n) is 6.41. The number of amides is 1. The first-order valence-corrected chi connectivity index (χ1v) is 7.77. The Bertz CT molecular complexity index is 499. The van der Waals surface area contributed by atoms with E-state index in [1.807, 2.05) is 0 Å². The van der Waals surface area contributed by atoms with E-state index in [-0.39, 0.29) is 6.04 Å². The molecular formula is C12H15ClN4OS. The van der Waals surface area contributed by atoms with E-state index >= 15 is 0 Å². The van der Waals surface area contributed by atoms with Crippen LogP contribution >= 0.6 is 23.4 Å². The molecule has 1 amide bonds. The smallest absolute Gasteiger partial charge is 0.224 e. The summed E-state index contributed by atoms with van der Waals surface area (Å²) in [7, 11) is 0. The van der Waals surface area contributed by atoms with Crippen molar-refractivity contribution in [2.75, 3.05) is 24.2 Å². The fraction of sp³-hybridized carbons (Fsp3) is 0.583. The number of anilines is 1. The average Bonchev–Trinajstić information content (AvgIpc) is 2.87. The first kappa shape index (κ1) is 13.0. The van der Waals surface area contributed by atoms with Gasteiger partial charge in [0, 0.05) is 31.3 Å². The Kier molecular flexibility index (Phi) is 3.79. The Hall–Kier alpha value is -1.01. The van der Waals surface area contributed by atoms with E-state index in [0.717, 1.165) is 60.9 Å². The largest absolute Gasteiger partial charge is 0.364 e. The highest BCUT2D eigenvalue weighted by Crippen LogP contribution is 2.36. The third-order valence-electron chi connectivity index (χ3n) is 3.44. The highest BCUT2D eigenvalue weighted by molar-refractivity contribution is 7.99. The number of carbonyl (C=O) groups excluding carboxylic acids is 1. The first-order chi connectivity index (χ1) is 9.26. The monoisotopic (exact) mass is 298 g/mol. The quantitative estimate of drug-likeness (QED) is 0.681. The van der Waals surface area contributed by atoms with Crippen molar-refractivity contribution >= 4 is 35.6 Å². The van der Waals surface area contributed by atoms with Gasteiger partial charge >= 0.3 is 0 Å². The summed E-state index contributed by atoms with van der Waals surface area (Å²) >= 11 is 7.73. The number of halogens is 1. The average molecular weight is 299 g/mol. The Morgan fingerprint density at radius 1 is 1.47 bits per heavy atom. The summed E-state index contributed by atoms with van der Waals surface area (Å²) in [5, 5.41) is 3.73. The van der Waals surface area contributed by atoms with Crippen molar-refractivity contribution in [2.45, 2.75) is 30.2 Å². The van der Waals surface area contributed by atoms with Crippen molar-refractivity contribution in [1.29, 1.82) is 0 Å². The molecule has 0 saturated carbocycles. The zero-order valence-electron chi connectivity index (χ0n) is 10.4. The van der Waals surface area contributed by atoms with E-state index in [9.17, 15) is 4.79 Å². The molecule has 1 saturated heterocycles. The van der Waals surface area contributed by atoms with Crippen molar-refractivity contribution in [2.24, 2.45) is 0 Å². The molecule has 1 aromatic heterocycles. The standard InChI is InChI=1S/C12H15ClN4OS/c13-12-15-9-3-5-19-10(9)11(16-12)14-8-2-1-4-17(6-8)7-18/h7-8H,1-6H2,(H,14,15,16). The van der Waals surface area contributed by atoms with Gasteiger partial charge in [0.2, 0.25) is 11.7 Å². The molecule has 0 aliphatic carbocycles. The van der Waals surface area contributed by atoms with E-state index in [0.29, 0.717) is 5.28 Å². The minimum atomic E-state index is 0.246. The van der Waals surface area contributed by atoms with E-state index in [1.165, 1.54) is 0 Å². The van der Waals surface area contributed by atoms with Crippen LogP contribution < -0.4 is 5.32 Å². The van der Waals surface area contributed by atoms with Crippen LogP contribution in [0.25, 0.3) is 0 Å². The lowest BCUT2D eigenvalue weighted by atomic mass is 10.1. The highest BCUT2D eigenvalue weighted by atomic mass is 35.5. The van der Waals surface area contributed by atoms with Gasteiger partial charge in [0.15, 0.2) is 0 Å². The zero-order valence-corrected chi connectivity index (χ0v) is 12.0. The Labute approximate surface area is 121 Å². The molecule has 0 spiro atoms. The molecule has 19 heavy (non-hydrogen) atoms. The van der Waals surface area contributed by atoms with Gasteiger partial charge in [-0.1, -0.05) is 0 Å². The summed E-state index contributed by atoms with van der Waals surface area (Å²) in [4.78, 5) is 22.3. The second-order valence-electron chi connectivity index (χ2n) is 4.80. The SMILES string of the molecule is O=CN1CCCC(Nc2nc(Cl)nc3c2SCC3)C1. The lowest BCUT2D eigenvalue weighted by Crippen LogP contribution is -2.41. The minimum Gasteiger partial charge on any atom is -0.364 e. The van der Waals surface area contributed by atoms with Gasteiger partial charge in [0.1, 0.15) is 5.82 Å². The molecule has 1 N–H and O–H groups in total. The number of aromatic nitrogens is 2. The molecule has 3 rings (SSSR count). The van der Waals surface area contributed by atoms with Gasteiger partial charge in [-0.3, -0.25) is 4.79 Å². The normalized spacial score (nSPS) is 22.2. The van der Waals surface area contributed by atoms with Gasteiger partial charge in [-0.2, -0.15) is 4.98 Å².